The molecule has 0 spiro atoms. The molecule has 0 aliphatic heterocycles. The Labute approximate surface area is 118 Å². The second kappa shape index (κ2) is 6.13. The Bertz CT molecular complexity index is 551. The molecule has 7 heteroatoms. The van der Waals surface area contributed by atoms with E-state index in [2.05, 4.69) is 15.0 Å². The minimum Gasteiger partial charge on any atom is -0.406 e. The number of thiazole rings is 1. The minimum atomic E-state index is -4.65. The predicted octanol–water partition coefficient (Wildman–Crippen LogP) is 4.00. The molecule has 1 N–H and O–H groups in total. The van der Waals surface area contributed by atoms with Crippen LogP contribution in [0.1, 0.15) is 10.6 Å². The van der Waals surface area contributed by atoms with Crippen LogP contribution in [0.4, 0.5) is 18.9 Å². The van der Waals surface area contributed by atoms with Gasteiger partial charge < -0.3 is 10.1 Å². The van der Waals surface area contributed by atoms with E-state index >= 15 is 0 Å². The van der Waals surface area contributed by atoms with Gasteiger partial charge in [-0.1, -0.05) is 0 Å². The first-order chi connectivity index (χ1) is 9.44. The molecule has 20 heavy (non-hydrogen) atoms. The standard InChI is InChI=1S/C13H13F3N2OS/c1-9-12(20-8-18-9)6-7-17-10-2-4-11(5-3-10)19-13(14,15)16/h2-5,8,17H,6-7H2,1H3. The maximum absolute atomic E-state index is 12.0. The van der Waals surface area contributed by atoms with E-state index in [1.165, 1.54) is 17.0 Å². The molecule has 2 aromatic rings. The zero-order valence-electron chi connectivity index (χ0n) is 10.7. The lowest BCUT2D eigenvalue weighted by Gasteiger charge is -2.10. The molecule has 0 atom stereocenters. The number of halogens is 3. The Hall–Kier alpha value is -1.76. The first-order valence-corrected chi connectivity index (χ1v) is 6.80. The normalized spacial score (nSPS) is 11.4. The molecule has 2 rings (SSSR count). The maximum Gasteiger partial charge on any atom is 0.573 e. The van der Waals surface area contributed by atoms with Gasteiger partial charge in [0.25, 0.3) is 0 Å². The van der Waals surface area contributed by atoms with Gasteiger partial charge in [-0.2, -0.15) is 0 Å². The molecule has 3 nitrogen and oxygen atoms in total. The van der Waals surface area contributed by atoms with Crippen molar-refractivity contribution in [3.63, 3.8) is 0 Å². The summed E-state index contributed by atoms with van der Waals surface area (Å²) in [6.07, 6.45) is -3.82. The third-order valence-corrected chi connectivity index (χ3v) is 3.61. The van der Waals surface area contributed by atoms with E-state index in [9.17, 15) is 13.2 Å². The van der Waals surface area contributed by atoms with Gasteiger partial charge in [0.05, 0.1) is 11.2 Å². The number of rotatable bonds is 5. The molecule has 0 amide bonds. The van der Waals surface area contributed by atoms with Crippen LogP contribution in [0.5, 0.6) is 5.75 Å². The first-order valence-electron chi connectivity index (χ1n) is 5.93. The van der Waals surface area contributed by atoms with Gasteiger partial charge in [0, 0.05) is 23.5 Å². The van der Waals surface area contributed by atoms with E-state index in [1.54, 1.807) is 29.0 Å². The Morgan fingerprint density at radius 1 is 1.25 bits per heavy atom. The molecule has 1 aromatic carbocycles. The van der Waals surface area contributed by atoms with Crippen molar-refractivity contribution in [1.82, 2.24) is 4.98 Å². The van der Waals surface area contributed by atoms with Crippen LogP contribution in [0.25, 0.3) is 0 Å². The van der Waals surface area contributed by atoms with Crippen LogP contribution in [-0.2, 0) is 6.42 Å². The Morgan fingerprint density at radius 3 is 2.50 bits per heavy atom. The summed E-state index contributed by atoms with van der Waals surface area (Å²) in [6.45, 7) is 2.65. The molecule has 0 saturated heterocycles. The van der Waals surface area contributed by atoms with Crippen LogP contribution in [0.2, 0.25) is 0 Å². The highest BCUT2D eigenvalue weighted by molar-refractivity contribution is 7.09. The number of hydrogen-bond donors (Lipinski definition) is 1. The van der Waals surface area contributed by atoms with Crippen molar-refractivity contribution in [2.24, 2.45) is 0 Å². The van der Waals surface area contributed by atoms with Gasteiger partial charge in [0.2, 0.25) is 0 Å². The van der Waals surface area contributed by atoms with E-state index in [0.29, 0.717) is 6.54 Å². The summed E-state index contributed by atoms with van der Waals surface area (Å²) < 4.78 is 39.8. The van der Waals surface area contributed by atoms with Crippen LogP contribution >= 0.6 is 11.3 Å². The molecule has 1 aromatic heterocycles. The highest BCUT2D eigenvalue weighted by Gasteiger charge is 2.30. The van der Waals surface area contributed by atoms with Crippen molar-refractivity contribution in [2.75, 3.05) is 11.9 Å². The lowest BCUT2D eigenvalue weighted by Crippen LogP contribution is -2.17. The van der Waals surface area contributed by atoms with E-state index in [0.717, 1.165) is 17.8 Å². The molecule has 0 bridgehead atoms. The molecule has 0 aliphatic carbocycles. The van der Waals surface area contributed by atoms with Gasteiger partial charge in [-0.05, 0) is 31.2 Å². The quantitative estimate of drug-likeness (QED) is 0.906. The molecule has 108 valence electrons. The lowest BCUT2D eigenvalue weighted by atomic mass is 10.2. The molecular weight excluding hydrogens is 289 g/mol. The van der Waals surface area contributed by atoms with E-state index < -0.39 is 6.36 Å². The topological polar surface area (TPSA) is 34.2 Å². The highest BCUT2D eigenvalue weighted by atomic mass is 32.1. The molecule has 0 fully saturated rings. The third-order valence-electron chi connectivity index (χ3n) is 2.61. The first kappa shape index (κ1) is 14.6. The average molecular weight is 302 g/mol. The largest absolute Gasteiger partial charge is 0.573 e. The van der Waals surface area contributed by atoms with E-state index in [-0.39, 0.29) is 5.75 Å². The minimum absolute atomic E-state index is 0.221. The number of anilines is 1. The van der Waals surface area contributed by atoms with Crippen LogP contribution < -0.4 is 10.1 Å². The Balaban J connectivity index is 1.83. The van der Waals surface area contributed by atoms with Crippen LogP contribution in [0.15, 0.2) is 29.8 Å². The number of aromatic nitrogens is 1. The predicted molar refractivity (Wildman–Crippen MR) is 72.2 cm³/mol. The van der Waals surface area contributed by atoms with E-state index in [1.807, 2.05) is 6.92 Å². The summed E-state index contributed by atoms with van der Waals surface area (Å²) in [5, 5.41) is 3.14. The summed E-state index contributed by atoms with van der Waals surface area (Å²) in [5.41, 5.74) is 3.57. The van der Waals surface area contributed by atoms with Crippen molar-refractivity contribution < 1.29 is 17.9 Å². The molecular formula is C13H13F3N2OS. The number of benzene rings is 1. The Morgan fingerprint density at radius 2 is 1.95 bits per heavy atom. The third kappa shape index (κ3) is 4.41. The van der Waals surface area contributed by atoms with Gasteiger partial charge in [-0.3, -0.25) is 0 Å². The van der Waals surface area contributed by atoms with Crippen molar-refractivity contribution in [2.45, 2.75) is 19.7 Å². The zero-order valence-corrected chi connectivity index (χ0v) is 11.5. The number of alkyl halides is 3. The fourth-order valence-corrected chi connectivity index (χ4v) is 2.44. The average Bonchev–Trinajstić information content (AvgIpc) is 2.76. The number of hydrogen-bond acceptors (Lipinski definition) is 4. The van der Waals surface area contributed by atoms with Crippen molar-refractivity contribution in [3.8, 4) is 5.75 Å². The second-order valence-corrected chi connectivity index (χ2v) is 5.05. The highest BCUT2D eigenvalue weighted by Crippen LogP contribution is 2.24. The van der Waals surface area contributed by atoms with Gasteiger partial charge >= 0.3 is 6.36 Å². The fraction of sp³-hybridized carbons (Fsp3) is 0.308. The summed E-state index contributed by atoms with van der Waals surface area (Å²) in [6, 6.07) is 5.68. The zero-order chi connectivity index (χ0) is 14.6. The van der Waals surface area contributed by atoms with Crippen LogP contribution in [0, 0.1) is 6.92 Å². The number of ether oxygens (including phenoxy) is 1. The number of aryl methyl sites for hydroxylation is 1. The summed E-state index contributed by atoms with van der Waals surface area (Å²) in [7, 11) is 0. The number of nitrogens with zero attached hydrogens (tertiary/aromatic N) is 1. The van der Waals surface area contributed by atoms with Crippen molar-refractivity contribution in [3.05, 3.63) is 40.3 Å². The smallest absolute Gasteiger partial charge is 0.406 e. The SMILES string of the molecule is Cc1ncsc1CCNc1ccc(OC(F)(F)F)cc1. The van der Waals surface area contributed by atoms with Crippen LogP contribution in [0.3, 0.4) is 0 Å². The summed E-state index contributed by atoms with van der Waals surface area (Å²) >= 11 is 1.60. The van der Waals surface area contributed by atoms with Gasteiger partial charge in [0.1, 0.15) is 5.75 Å². The molecule has 0 radical (unpaired) electrons. The monoisotopic (exact) mass is 302 g/mol. The molecule has 0 saturated carbocycles. The summed E-state index contributed by atoms with van der Waals surface area (Å²) in [4.78, 5) is 5.36. The van der Waals surface area contributed by atoms with E-state index in [4.69, 9.17) is 0 Å². The molecule has 1 heterocycles. The lowest BCUT2D eigenvalue weighted by molar-refractivity contribution is -0.274. The molecule has 0 unspecified atom stereocenters. The Kier molecular flexibility index (Phi) is 4.49. The van der Waals surface area contributed by atoms with Gasteiger partial charge in [0.15, 0.2) is 0 Å². The van der Waals surface area contributed by atoms with Crippen LogP contribution in [-0.4, -0.2) is 17.9 Å². The molecule has 0 aliphatic rings. The number of nitrogens with one attached hydrogen (secondary N) is 1. The maximum atomic E-state index is 12.0. The summed E-state index contributed by atoms with van der Waals surface area (Å²) in [5.74, 6) is -0.221. The van der Waals surface area contributed by atoms with Gasteiger partial charge in [-0.25, -0.2) is 4.98 Å². The van der Waals surface area contributed by atoms with Gasteiger partial charge in [-0.15, -0.1) is 24.5 Å². The fourth-order valence-electron chi connectivity index (χ4n) is 1.66. The van der Waals surface area contributed by atoms with Crippen molar-refractivity contribution in [1.29, 1.82) is 0 Å². The van der Waals surface area contributed by atoms with Crippen molar-refractivity contribution >= 4 is 17.0 Å². The second-order valence-electron chi connectivity index (χ2n) is 4.11.